The van der Waals surface area contributed by atoms with Crippen molar-refractivity contribution in [1.82, 2.24) is 17.2 Å². The van der Waals surface area contributed by atoms with Crippen LogP contribution < -0.4 is 0 Å². The van der Waals surface area contributed by atoms with E-state index in [1.54, 1.807) is 24.3 Å². The fourth-order valence-electron chi connectivity index (χ4n) is 3.54. The van der Waals surface area contributed by atoms with E-state index in [0.29, 0.717) is 0 Å². The third-order valence-corrected chi connectivity index (χ3v) is 7.01. The summed E-state index contributed by atoms with van der Waals surface area (Å²) in [5, 5.41) is 0. The van der Waals surface area contributed by atoms with Crippen molar-refractivity contribution in [2.24, 2.45) is 11.8 Å². The van der Waals surface area contributed by atoms with Crippen LogP contribution in [0.25, 0.3) is 0 Å². The van der Waals surface area contributed by atoms with Gasteiger partial charge in [-0.3, -0.25) is 8.61 Å². The second-order valence-electron chi connectivity index (χ2n) is 7.27. The minimum absolute atomic E-state index is 0.183. The van der Waals surface area contributed by atoms with Gasteiger partial charge in [0.15, 0.2) is 0 Å². The molecule has 0 radical (unpaired) electrons. The first-order valence-electron chi connectivity index (χ1n) is 9.07. The molecule has 3 saturated heterocycles. The highest BCUT2D eigenvalue weighted by molar-refractivity contribution is 7.96. The maximum Gasteiger partial charge on any atom is 0.341 e. The van der Waals surface area contributed by atoms with Crippen molar-refractivity contribution in [2.75, 3.05) is 39.3 Å². The molecule has 2 unspecified atom stereocenters. The van der Waals surface area contributed by atoms with Crippen LogP contribution in [0.4, 0.5) is 4.79 Å². The van der Waals surface area contributed by atoms with Gasteiger partial charge >= 0.3 is 6.03 Å². The van der Waals surface area contributed by atoms with Crippen molar-refractivity contribution in [3.63, 3.8) is 0 Å². The summed E-state index contributed by atoms with van der Waals surface area (Å²) in [6.07, 6.45) is 6.21. The average Bonchev–Trinajstić information content (AvgIpc) is 2.51. The zero-order valence-corrected chi connectivity index (χ0v) is 16.1. The standard InChI is InChI=1S/C16H30N4OS2/c1-14-6-3-8-17(12-14)22-19-10-5-11-20(16(19)21)23-18-9-4-7-15(2)13-18/h14-15H,3-13H2,1-2H3. The Morgan fingerprint density at radius 1 is 0.783 bits per heavy atom. The van der Waals surface area contributed by atoms with Gasteiger partial charge in [0.05, 0.1) is 0 Å². The van der Waals surface area contributed by atoms with Crippen molar-refractivity contribution in [1.29, 1.82) is 0 Å². The van der Waals surface area contributed by atoms with Crippen LogP contribution >= 0.6 is 24.3 Å². The molecule has 0 aromatic rings. The first kappa shape index (κ1) is 17.7. The quantitative estimate of drug-likeness (QED) is 0.715. The Labute approximate surface area is 149 Å². The molecule has 0 aliphatic carbocycles. The van der Waals surface area contributed by atoms with Crippen LogP contribution in [0.15, 0.2) is 0 Å². The SMILES string of the molecule is CC1CCCN(SN2CCCN(SN3CCCC(C)C3)C2=O)C1. The predicted octanol–water partition coefficient (Wildman–Crippen LogP) is 3.70. The number of rotatable bonds is 4. The lowest BCUT2D eigenvalue weighted by Crippen LogP contribution is -2.47. The third-order valence-electron chi connectivity index (χ3n) is 4.82. The van der Waals surface area contributed by atoms with Crippen LogP contribution in [0.2, 0.25) is 0 Å². The molecule has 132 valence electrons. The molecule has 2 atom stereocenters. The highest BCUT2D eigenvalue weighted by Gasteiger charge is 2.32. The van der Waals surface area contributed by atoms with Gasteiger partial charge in [-0.2, -0.15) is 0 Å². The summed E-state index contributed by atoms with van der Waals surface area (Å²) in [4.78, 5) is 12.8. The zero-order chi connectivity index (χ0) is 16.2. The molecular weight excluding hydrogens is 328 g/mol. The molecule has 3 heterocycles. The number of amides is 2. The van der Waals surface area contributed by atoms with E-state index < -0.39 is 0 Å². The number of nitrogens with zero attached hydrogens (tertiary/aromatic N) is 4. The molecule has 23 heavy (non-hydrogen) atoms. The van der Waals surface area contributed by atoms with E-state index in [0.717, 1.165) is 57.5 Å². The van der Waals surface area contributed by atoms with E-state index in [2.05, 4.69) is 22.5 Å². The van der Waals surface area contributed by atoms with Crippen molar-refractivity contribution in [3.05, 3.63) is 0 Å². The predicted molar refractivity (Wildman–Crippen MR) is 98.5 cm³/mol. The van der Waals surface area contributed by atoms with E-state index in [1.807, 2.05) is 8.61 Å². The van der Waals surface area contributed by atoms with Gasteiger partial charge in [-0.25, -0.2) is 13.4 Å². The molecule has 0 N–H and O–H groups in total. The highest BCUT2D eigenvalue weighted by atomic mass is 32.2. The maximum absolute atomic E-state index is 12.8. The van der Waals surface area contributed by atoms with Crippen molar-refractivity contribution >= 4 is 30.3 Å². The van der Waals surface area contributed by atoms with Crippen LogP contribution in [-0.4, -0.2) is 62.5 Å². The number of hydrogen-bond donors (Lipinski definition) is 0. The van der Waals surface area contributed by atoms with Crippen molar-refractivity contribution in [3.8, 4) is 0 Å². The van der Waals surface area contributed by atoms with Gasteiger partial charge in [0.2, 0.25) is 0 Å². The van der Waals surface area contributed by atoms with Crippen LogP contribution in [0.3, 0.4) is 0 Å². The van der Waals surface area contributed by atoms with Gasteiger partial charge in [0.1, 0.15) is 0 Å². The van der Waals surface area contributed by atoms with E-state index in [1.165, 1.54) is 25.7 Å². The topological polar surface area (TPSA) is 30.0 Å². The molecular formula is C16H30N4OS2. The van der Waals surface area contributed by atoms with Crippen molar-refractivity contribution in [2.45, 2.75) is 46.0 Å². The first-order chi connectivity index (χ1) is 11.1. The molecule has 3 aliphatic rings. The average molecular weight is 359 g/mol. The molecule has 0 aromatic carbocycles. The van der Waals surface area contributed by atoms with Gasteiger partial charge in [0, 0.05) is 63.5 Å². The summed E-state index contributed by atoms with van der Waals surface area (Å²) >= 11 is 3.33. The van der Waals surface area contributed by atoms with Crippen LogP contribution in [0.5, 0.6) is 0 Å². The molecule has 0 spiro atoms. The summed E-state index contributed by atoms with van der Waals surface area (Å²) in [5.41, 5.74) is 0. The summed E-state index contributed by atoms with van der Waals surface area (Å²) in [6.45, 7) is 10.8. The lowest BCUT2D eigenvalue weighted by atomic mass is 10.0. The number of piperidine rings is 2. The Morgan fingerprint density at radius 3 is 1.70 bits per heavy atom. The summed E-state index contributed by atoms with van der Waals surface area (Å²) in [6, 6.07) is 0.183. The van der Waals surface area contributed by atoms with E-state index in [-0.39, 0.29) is 6.03 Å². The molecule has 2 amide bonds. The highest BCUT2D eigenvalue weighted by Crippen LogP contribution is 2.32. The number of carbonyl (C=O) groups is 1. The lowest BCUT2D eigenvalue weighted by molar-refractivity contribution is 0.191. The van der Waals surface area contributed by atoms with Gasteiger partial charge in [-0.05, 0) is 43.9 Å². The monoisotopic (exact) mass is 358 g/mol. The maximum atomic E-state index is 12.8. The Hall–Kier alpha value is -0.110. The zero-order valence-electron chi connectivity index (χ0n) is 14.4. The molecule has 0 saturated carbocycles. The Kier molecular flexibility index (Phi) is 6.40. The van der Waals surface area contributed by atoms with Crippen LogP contribution in [-0.2, 0) is 0 Å². The number of hydrogen-bond acceptors (Lipinski definition) is 5. The second-order valence-corrected chi connectivity index (χ2v) is 9.52. The molecule has 5 nitrogen and oxygen atoms in total. The lowest BCUT2D eigenvalue weighted by Gasteiger charge is -2.40. The molecule has 3 rings (SSSR count). The molecule has 0 aromatic heterocycles. The number of carbonyl (C=O) groups excluding carboxylic acids is 1. The van der Waals surface area contributed by atoms with Gasteiger partial charge in [-0.1, -0.05) is 13.8 Å². The molecule has 3 fully saturated rings. The molecule has 0 bridgehead atoms. The Balaban J connectivity index is 1.51. The molecule has 3 aliphatic heterocycles. The minimum atomic E-state index is 0.183. The van der Waals surface area contributed by atoms with E-state index >= 15 is 0 Å². The first-order valence-corrected chi connectivity index (χ1v) is 10.5. The van der Waals surface area contributed by atoms with Crippen molar-refractivity contribution < 1.29 is 4.79 Å². The minimum Gasteiger partial charge on any atom is -0.254 e. The fraction of sp³-hybridized carbons (Fsp3) is 0.938. The van der Waals surface area contributed by atoms with Crippen LogP contribution in [0, 0.1) is 11.8 Å². The third kappa shape index (κ3) is 4.94. The van der Waals surface area contributed by atoms with Gasteiger partial charge in [0.25, 0.3) is 0 Å². The van der Waals surface area contributed by atoms with E-state index in [4.69, 9.17) is 0 Å². The summed E-state index contributed by atoms with van der Waals surface area (Å²) < 4.78 is 8.70. The summed E-state index contributed by atoms with van der Waals surface area (Å²) in [7, 11) is 0. The smallest absolute Gasteiger partial charge is 0.254 e. The fourth-order valence-corrected chi connectivity index (χ4v) is 5.98. The van der Waals surface area contributed by atoms with E-state index in [9.17, 15) is 4.79 Å². The normalized spacial score (nSPS) is 31.7. The molecule has 7 heteroatoms. The van der Waals surface area contributed by atoms with Crippen LogP contribution in [0.1, 0.15) is 46.0 Å². The number of urea groups is 1. The Morgan fingerprint density at radius 2 is 1.26 bits per heavy atom. The summed E-state index contributed by atoms with van der Waals surface area (Å²) in [5.74, 6) is 1.49. The van der Waals surface area contributed by atoms with Gasteiger partial charge in [-0.15, -0.1) is 0 Å². The second kappa shape index (κ2) is 8.32. The Bertz CT molecular complexity index is 378. The largest absolute Gasteiger partial charge is 0.341 e. The van der Waals surface area contributed by atoms with Gasteiger partial charge < -0.3 is 0 Å².